The van der Waals surface area contributed by atoms with E-state index in [-0.39, 0.29) is 16.4 Å². The van der Waals surface area contributed by atoms with E-state index in [4.69, 9.17) is 5.11 Å². The molecule has 16 heavy (non-hydrogen) atoms. The zero-order valence-corrected chi connectivity index (χ0v) is 11.5. The molecule has 0 bridgehead atoms. The van der Waals surface area contributed by atoms with Gasteiger partial charge in [0.05, 0.1) is 0 Å². The third kappa shape index (κ3) is 5.12. The van der Waals surface area contributed by atoms with Crippen LogP contribution in [0, 0.1) is 5.92 Å². The minimum Gasteiger partial charge on any atom is -0.480 e. The Kier molecular flexibility index (Phi) is 6.90. The maximum absolute atomic E-state index is 11.6. The van der Waals surface area contributed by atoms with Gasteiger partial charge in [0.2, 0.25) is 5.91 Å². The Labute approximate surface area is 107 Å². The van der Waals surface area contributed by atoms with Gasteiger partial charge in [0.1, 0.15) is 6.04 Å². The molecule has 1 amide bonds. The Hall–Kier alpha value is -0.360. The first-order valence-corrected chi connectivity index (χ1v) is 6.15. The number of aliphatic carboxylic acids is 1. The van der Waals surface area contributed by atoms with Gasteiger partial charge in [0.25, 0.3) is 0 Å². The molecule has 1 N–H and O–H groups in total. The van der Waals surface area contributed by atoms with Crippen molar-refractivity contribution in [1.29, 1.82) is 0 Å². The average Bonchev–Trinajstić information content (AvgIpc) is 2.22. The third-order valence-corrected chi connectivity index (χ3v) is 3.67. The Morgan fingerprint density at radius 1 is 1.31 bits per heavy atom. The number of amides is 1. The molecular weight excluding hydrogens is 246 g/mol. The summed E-state index contributed by atoms with van der Waals surface area (Å²) in [6, 6.07) is -0.786. The van der Waals surface area contributed by atoms with Crippen LogP contribution in [0.15, 0.2) is 0 Å². The van der Waals surface area contributed by atoms with Crippen molar-refractivity contribution in [3.63, 3.8) is 0 Å². The molecule has 0 aromatic carbocycles. The normalized spacial score (nSPS) is 14.6. The molecule has 0 saturated heterocycles. The molecule has 0 aliphatic rings. The lowest BCUT2D eigenvalue weighted by Gasteiger charge is -2.22. The monoisotopic (exact) mass is 265 g/mol. The van der Waals surface area contributed by atoms with Gasteiger partial charge in [-0.3, -0.25) is 4.79 Å². The fourth-order valence-corrected chi connectivity index (χ4v) is 1.36. The lowest BCUT2D eigenvalue weighted by molar-refractivity contribution is -0.148. The van der Waals surface area contributed by atoms with Crippen LogP contribution in [0.1, 0.15) is 26.7 Å². The molecule has 4 nitrogen and oxygen atoms in total. The van der Waals surface area contributed by atoms with Crippen molar-refractivity contribution in [3.8, 4) is 0 Å². The molecule has 0 heterocycles. The number of carboxylic acid groups (broad SMARTS) is 1. The Morgan fingerprint density at radius 3 is 2.19 bits per heavy atom. The lowest BCUT2D eigenvalue weighted by atomic mass is 10.1. The molecule has 0 radical (unpaired) electrons. The topological polar surface area (TPSA) is 57.6 Å². The molecule has 2 atom stereocenters. The number of hydrogen-bond donors (Lipinski definition) is 3. The van der Waals surface area contributed by atoms with E-state index < -0.39 is 12.0 Å². The molecule has 94 valence electrons. The maximum atomic E-state index is 11.6. The molecule has 0 aromatic heterocycles. The summed E-state index contributed by atoms with van der Waals surface area (Å²) < 4.78 is -0.0602. The van der Waals surface area contributed by atoms with E-state index in [0.717, 1.165) is 0 Å². The number of nitrogens with zero attached hydrogens (tertiary/aromatic N) is 1. The van der Waals surface area contributed by atoms with Crippen LogP contribution in [0.4, 0.5) is 0 Å². The lowest BCUT2D eigenvalue weighted by Crippen LogP contribution is -2.40. The standard InChI is InChI=1S/C10H19NO3S2/c1-6(10(15)16)4-5-8(12)11(3)7(2)9(13)14/h6-7,10,15-16H,4-5H2,1-3H3,(H,13,14)/t6-,7-/m1/s1. The van der Waals surface area contributed by atoms with Crippen LogP contribution in [-0.2, 0) is 9.59 Å². The summed E-state index contributed by atoms with van der Waals surface area (Å²) in [5.41, 5.74) is 0. The van der Waals surface area contributed by atoms with E-state index in [9.17, 15) is 9.59 Å². The van der Waals surface area contributed by atoms with Gasteiger partial charge in [-0.2, -0.15) is 25.3 Å². The first-order valence-electron chi connectivity index (χ1n) is 5.12. The Balaban J connectivity index is 4.12. The molecule has 0 spiro atoms. The van der Waals surface area contributed by atoms with Crippen LogP contribution in [0.3, 0.4) is 0 Å². The number of carbonyl (C=O) groups is 2. The summed E-state index contributed by atoms with van der Waals surface area (Å²) in [5, 5.41) is 8.75. The molecule has 0 saturated carbocycles. The largest absolute Gasteiger partial charge is 0.480 e. The van der Waals surface area contributed by atoms with Crippen molar-refractivity contribution < 1.29 is 14.7 Å². The van der Waals surface area contributed by atoms with Crippen molar-refractivity contribution in [3.05, 3.63) is 0 Å². The number of likely N-dealkylation sites (N-methyl/N-ethyl adjacent to an activating group) is 1. The summed E-state index contributed by atoms with van der Waals surface area (Å²) in [6.45, 7) is 3.45. The summed E-state index contributed by atoms with van der Waals surface area (Å²) in [4.78, 5) is 23.6. The van der Waals surface area contributed by atoms with Crippen molar-refractivity contribution in [2.75, 3.05) is 7.05 Å². The van der Waals surface area contributed by atoms with Crippen molar-refractivity contribution in [2.45, 2.75) is 37.3 Å². The first kappa shape index (κ1) is 15.6. The average molecular weight is 265 g/mol. The predicted octanol–water partition coefficient (Wildman–Crippen LogP) is 1.52. The van der Waals surface area contributed by atoms with Crippen molar-refractivity contribution in [1.82, 2.24) is 4.90 Å². The van der Waals surface area contributed by atoms with Gasteiger partial charge < -0.3 is 10.0 Å². The van der Waals surface area contributed by atoms with Gasteiger partial charge in [0, 0.05) is 18.1 Å². The quantitative estimate of drug-likeness (QED) is 0.504. The third-order valence-electron chi connectivity index (χ3n) is 2.65. The fourth-order valence-electron chi connectivity index (χ4n) is 1.06. The van der Waals surface area contributed by atoms with Gasteiger partial charge in [-0.25, -0.2) is 4.79 Å². The highest BCUT2D eigenvalue weighted by Gasteiger charge is 2.22. The van der Waals surface area contributed by atoms with Crippen molar-refractivity contribution in [2.24, 2.45) is 5.92 Å². The highest BCUT2D eigenvalue weighted by atomic mass is 32.2. The molecule has 0 aliphatic carbocycles. The summed E-state index contributed by atoms with van der Waals surface area (Å²) in [7, 11) is 1.50. The molecule has 6 heteroatoms. The van der Waals surface area contributed by atoms with Crippen LogP contribution in [0.2, 0.25) is 0 Å². The Bertz CT molecular complexity index is 258. The smallest absolute Gasteiger partial charge is 0.326 e. The minimum absolute atomic E-state index is 0.0602. The van der Waals surface area contributed by atoms with Crippen LogP contribution in [0.5, 0.6) is 0 Å². The van der Waals surface area contributed by atoms with Gasteiger partial charge >= 0.3 is 5.97 Å². The molecule has 0 unspecified atom stereocenters. The molecule has 0 aromatic rings. The number of rotatable bonds is 6. The van der Waals surface area contributed by atoms with Gasteiger partial charge in [-0.15, -0.1) is 0 Å². The number of thiol groups is 2. The van der Waals surface area contributed by atoms with Gasteiger partial charge in [-0.1, -0.05) is 6.92 Å². The first-order chi connectivity index (χ1) is 7.27. The van der Waals surface area contributed by atoms with Crippen molar-refractivity contribution >= 4 is 37.1 Å². The zero-order chi connectivity index (χ0) is 12.9. The predicted molar refractivity (Wildman–Crippen MR) is 70.0 cm³/mol. The maximum Gasteiger partial charge on any atom is 0.326 e. The summed E-state index contributed by atoms with van der Waals surface area (Å²) in [6.07, 6.45) is 0.986. The SMILES string of the molecule is C[C@H](CCC(=O)N(C)[C@H](C)C(=O)O)C(S)S. The van der Waals surface area contributed by atoms with E-state index in [1.165, 1.54) is 18.9 Å². The fraction of sp³-hybridized carbons (Fsp3) is 0.800. The highest BCUT2D eigenvalue weighted by molar-refractivity contribution is 7.99. The highest BCUT2D eigenvalue weighted by Crippen LogP contribution is 2.19. The second-order valence-corrected chi connectivity index (χ2v) is 5.47. The second-order valence-electron chi connectivity index (χ2n) is 3.95. The van der Waals surface area contributed by atoms with Crippen LogP contribution < -0.4 is 0 Å². The van der Waals surface area contributed by atoms with E-state index >= 15 is 0 Å². The van der Waals surface area contributed by atoms with E-state index in [0.29, 0.717) is 12.8 Å². The number of hydrogen-bond acceptors (Lipinski definition) is 4. The molecule has 0 rings (SSSR count). The van der Waals surface area contributed by atoms with Crippen LogP contribution in [-0.4, -0.2) is 39.6 Å². The van der Waals surface area contributed by atoms with Gasteiger partial charge in [-0.05, 0) is 19.3 Å². The van der Waals surface area contributed by atoms with E-state index in [1.54, 1.807) is 0 Å². The van der Waals surface area contributed by atoms with E-state index in [1.807, 2.05) is 6.92 Å². The second kappa shape index (κ2) is 7.06. The van der Waals surface area contributed by atoms with Gasteiger partial charge in [0.15, 0.2) is 0 Å². The minimum atomic E-state index is -0.995. The van der Waals surface area contributed by atoms with Crippen LogP contribution >= 0.6 is 25.3 Å². The molecule has 0 aliphatic heterocycles. The molecule has 0 fully saturated rings. The van der Waals surface area contributed by atoms with Crippen LogP contribution in [0.25, 0.3) is 0 Å². The number of carboxylic acids is 1. The number of carbonyl (C=O) groups excluding carboxylic acids is 1. The molecular formula is C10H19NO3S2. The zero-order valence-electron chi connectivity index (χ0n) is 9.75. The Morgan fingerprint density at radius 2 is 1.81 bits per heavy atom. The van der Waals surface area contributed by atoms with E-state index in [2.05, 4.69) is 25.3 Å². The summed E-state index contributed by atoms with van der Waals surface area (Å²) >= 11 is 8.33. The summed E-state index contributed by atoms with van der Waals surface area (Å²) in [5.74, 6) is -0.946.